The molecule has 0 amide bonds. The Balaban J connectivity index is 2.36. The van der Waals surface area contributed by atoms with Gasteiger partial charge >= 0.3 is 0 Å². The maximum atomic E-state index is 12.0. The van der Waals surface area contributed by atoms with Crippen LogP contribution in [0.25, 0.3) is 0 Å². The molecule has 0 N–H and O–H groups in total. The second-order valence-electron chi connectivity index (χ2n) is 2.98. The van der Waals surface area contributed by atoms with Crippen LogP contribution in [-0.2, 0) is 0 Å². The fourth-order valence-corrected chi connectivity index (χ4v) is 3.78. The highest BCUT2D eigenvalue weighted by molar-refractivity contribution is 9.11. The molecule has 5 heteroatoms. The van der Waals surface area contributed by atoms with Crippen molar-refractivity contribution in [1.82, 2.24) is 0 Å². The van der Waals surface area contributed by atoms with Gasteiger partial charge in [-0.25, -0.2) is 0 Å². The lowest BCUT2D eigenvalue weighted by Gasteiger charge is -1.91. The third-order valence-corrected chi connectivity index (χ3v) is 5.55. The van der Waals surface area contributed by atoms with E-state index in [1.54, 1.807) is 0 Å². The number of carbonyl (C=O) groups excluding carboxylic acids is 1. The Hall–Kier alpha value is 0.0300. The highest BCUT2D eigenvalue weighted by Gasteiger charge is 2.14. The first-order valence-corrected chi connectivity index (χ1v) is 7.41. The smallest absolute Gasteiger partial charge is 0.203 e. The van der Waals surface area contributed by atoms with Gasteiger partial charge in [0.2, 0.25) is 5.78 Å². The summed E-state index contributed by atoms with van der Waals surface area (Å²) in [7, 11) is 0. The molecule has 0 aromatic carbocycles. The van der Waals surface area contributed by atoms with Crippen molar-refractivity contribution < 1.29 is 4.79 Å². The predicted octanol–water partition coefficient (Wildman–Crippen LogP) is 4.87. The van der Waals surface area contributed by atoms with E-state index in [9.17, 15) is 4.79 Å². The van der Waals surface area contributed by atoms with E-state index in [-0.39, 0.29) is 5.78 Å². The molecule has 0 aliphatic carbocycles. The van der Waals surface area contributed by atoms with E-state index in [2.05, 4.69) is 31.9 Å². The Morgan fingerprint density at radius 1 is 1.33 bits per heavy atom. The first-order valence-electron chi connectivity index (χ1n) is 4.12. The first kappa shape index (κ1) is 11.5. The molecule has 0 saturated carbocycles. The molecule has 0 unspecified atom stereocenters. The third-order valence-electron chi connectivity index (χ3n) is 1.91. The van der Waals surface area contributed by atoms with Gasteiger partial charge in [-0.1, -0.05) is 0 Å². The number of carbonyl (C=O) groups is 1. The molecule has 15 heavy (non-hydrogen) atoms. The van der Waals surface area contributed by atoms with Crippen molar-refractivity contribution in [2.75, 3.05) is 0 Å². The van der Waals surface area contributed by atoms with Crippen molar-refractivity contribution >= 4 is 60.3 Å². The maximum absolute atomic E-state index is 12.0. The van der Waals surface area contributed by atoms with Crippen molar-refractivity contribution in [3.8, 4) is 0 Å². The van der Waals surface area contributed by atoms with E-state index in [4.69, 9.17) is 0 Å². The SMILES string of the molecule is Cc1sc(C(=O)c2csc(Br)c2)cc1Br. The Labute approximate surface area is 112 Å². The van der Waals surface area contributed by atoms with Gasteiger partial charge in [-0.05, 0) is 50.9 Å². The average Bonchev–Trinajstić information content (AvgIpc) is 2.74. The van der Waals surface area contributed by atoms with Crippen LogP contribution < -0.4 is 0 Å². The molecule has 1 nitrogen and oxygen atoms in total. The van der Waals surface area contributed by atoms with Gasteiger partial charge in [0.1, 0.15) is 0 Å². The van der Waals surface area contributed by atoms with Crippen molar-refractivity contribution in [2.24, 2.45) is 0 Å². The standard InChI is InChI=1S/C10H6Br2OS2/c1-5-7(11)3-8(15-5)10(13)6-2-9(12)14-4-6/h2-4H,1H3. The van der Waals surface area contributed by atoms with Crippen LogP contribution in [0.15, 0.2) is 25.8 Å². The summed E-state index contributed by atoms with van der Waals surface area (Å²) in [4.78, 5) is 13.9. The molecular formula is C10H6Br2OS2. The third kappa shape index (κ3) is 2.41. The van der Waals surface area contributed by atoms with Crippen LogP contribution in [-0.4, -0.2) is 5.78 Å². The molecule has 0 saturated heterocycles. The molecule has 2 aromatic rings. The lowest BCUT2D eigenvalue weighted by Crippen LogP contribution is -1.95. The lowest BCUT2D eigenvalue weighted by atomic mass is 10.2. The zero-order valence-electron chi connectivity index (χ0n) is 7.71. The van der Waals surface area contributed by atoms with Crippen LogP contribution in [0.4, 0.5) is 0 Å². The molecule has 0 radical (unpaired) electrons. The minimum Gasteiger partial charge on any atom is -0.288 e. The summed E-state index contributed by atoms with van der Waals surface area (Å²) in [6.45, 7) is 2.00. The molecule has 0 bridgehead atoms. The van der Waals surface area contributed by atoms with Gasteiger partial charge in [0.25, 0.3) is 0 Å². The maximum Gasteiger partial charge on any atom is 0.203 e. The topological polar surface area (TPSA) is 17.1 Å². The van der Waals surface area contributed by atoms with Gasteiger partial charge in [-0.2, -0.15) is 0 Å². The normalized spacial score (nSPS) is 10.6. The summed E-state index contributed by atoms with van der Waals surface area (Å²) in [6, 6.07) is 3.74. The minimum atomic E-state index is 0.0933. The molecule has 0 aliphatic rings. The number of aryl methyl sites for hydroxylation is 1. The quantitative estimate of drug-likeness (QED) is 0.693. The van der Waals surface area contributed by atoms with E-state index in [1.165, 1.54) is 22.7 Å². The monoisotopic (exact) mass is 364 g/mol. The minimum absolute atomic E-state index is 0.0933. The van der Waals surface area contributed by atoms with Crippen LogP contribution in [0.3, 0.4) is 0 Å². The molecule has 2 rings (SSSR count). The first-order chi connectivity index (χ1) is 7.08. The molecule has 0 spiro atoms. The zero-order valence-corrected chi connectivity index (χ0v) is 12.5. The molecular weight excluding hydrogens is 360 g/mol. The lowest BCUT2D eigenvalue weighted by molar-refractivity contribution is 0.104. The molecule has 0 atom stereocenters. The number of halogens is 2. The summed E-state index contributed by atoms with van der Waals surface area (Å²) >= 11 is 9.81. The molecule has 0 aliphatic heterocycles. The molecule has 78 valence electrons. The van der Waals surface area contributed by atoms with E-state index in [0.717, 1.165) is 23.6 Å². The second kappa shape index (κ2) is 4.49. The molecule has 2 heterocycles. The Kier molecular flexibility index (Phi) is 3.45. The largest absolute Gasteiger partial charge is 0.288 e. The van der Waals surface area contributed by atoms with Crippen LogP contribution in [0.2, 0.25) is 0 Å². The van der Waals surface area contributed by atoms with Crippen LogP contribution in [0.5, 0.6) is 0 Å². The van der Waals surface area contributed by atoms with Crippen LogP contribution in [0.1, 0.15) is 20.1 Å². The van der Waals surface area contributed by atoms with Crippen LogP contribution >= 0.6 is 54.5 Å². The van der Waals surface area contributed by atoms with Gasteiger partial charge < -0.3 is 0 Å². The number of ketones is 1. The Morgan fingerprint density at radius 3 is 2.53 bits per heavy atom. The van der Waals surface area contributed by atoms with Crippen molar-refractivity contribution in [3.05, 3.63) is 41.1 Å². The van der Waals surface area contributed by atoms with Crippen molar-refractivity contribution in [1.29, 1.82) is 0 Å². The summed E-state index contributed by atoms with van der Waals surface area (Å²) in [5, 5.41) is 1.87. The van der Waals surface area contributed by atoms with Gasteiger partial charge in [-0.15, -0.1) is 22.7 Å². The van der Waals surface area contributed by atoms with Crippen molar-refractivity contribution in [3.63, 3.8) is 0 Å². The summed E-state index contributed by atoms with van der Waals surface area (Å²) in [6.07, 6.45) is 0. The predicted molar refractivity (Wildman–Crippen MR) is 72.2 cm³/mol. The molecule has 0 fully saturated rings. The van der Waals surface area contributed by atoms with Gasteiger partial charge in [-0.3, -0.25) is 4.79 Å². The van der Waals surface area contributed by atoms with Crippen molar-refractivity contribution in [2.45, 2.75) is 6.92 Å². The molecule has 2 aromatic heterocycles. The average molecular weight is 366 g/mol. The van der Waals surface area contributed by atoms with Crippen LogP contribution in [0, 0.1) is 6.92 Å². The zero-order chi connectivity index (χ0) is 11.0. The Bertz CT molecular complexity index is 494. The van der Waals surface area contributed by atoms with E-state index >= 15 is 0 Å². The fraction of sp³-hybridized carbons (Fsp3) is 0.100. The van der Waals surface area contributed by atoms with Gasteiger partial charge in [0.15, 0.2) is 0 Å². The van der Waals surface area contributed by atoms with E-state index in [0.29, 0.717) is 0 Å². The second-order valence-corrected chi connectivity index (χ2v) is 7.38. The van der Waals surface area contributed by atoms with Gasteiger partial charge in [0.05, 0.1) is 8.66 Å². The van der Waals surface area contributed by atoms with Gasteiger partial charge in [0, 0.05) is 20.3 Å². The summed E-state index contributed by atoms with van der Waals surface area (Å²) in [5.74, 6) is 0.0933. The highest BCUT2D eigenvalue weighted by Crippen LogP contribution is 2.30. The number of hydrogen-bond donors (Lipinski definition) is 0. The number of hydrogen-bond acceptors (Lipinski definition) is 3. The highest BCUT2D eigenvalue weighted by atomic mass is 79.9. The fourth-order valence-electron chi connectivity index (χ4n) is 1.14. The number of thiophene rings is 2. The van der Waals surface area contributed by atoms with E-state index in [1.807, 2.05) is 24.4 Å². The summed E-state index contributed by atoms with van der Waals surface area (Å²) in [5.41, 5.74) is 0.751. The van der Waals surface area contributed by atoms with E-state index < -0.39 is 0 Å². The number of rotatable bonds is 2. The Morgan fingerprint density at radius 2 is 2.07 bits per heavy atom. The summed E-state index contributed by atoms with van der Waals surface area (Å²) < 4.78 is 1.99.